The Bertz CT molecular complexity index is 1060. The summed E-state index contributed by atoms with van der Waals surface area (Å²) in [6, 6.07) is 6.63. The molecule has 38 heavy (non-hydrogen) atoms. The Balaban J connectivity index is 1.41. The van der Waals surface area contributed by atoms with E-state index in [0.717, 1.165) is 25.7 Å². The predicted molar refractivity (Wildman–Crippen MR) is 149 cm³/mol. The number of allylic oxidation sites excluding steroid dienone is 7. The number of alkyl halides is 4. The lowest BCUT2D eigenvalue weighted by Gasteiger charge is -2.33. The summed E-state index contributed by atoms with van der Waals surface area (Å²) in [5.74, 6) is 0.248. The molecule has 0 spiro atoms. The monoisotopic (exact) mass is 528 g/mol. The van der Waals surface area contributed by atoms with Gasteiger partial charge in [-0.15, -0.1) is 6.58 Å². The zero-order valence-corrected chi connectivity index (χ0v) is 22.4. The van der Waals surface area contributed by atoms with Crippen molar-refractivity contribution in [3.05, 3.63) is 83.5 Å². The summed E-state index contributed by atoms with van der Waals surface area (Å²) >= 11 is 0. The summed E-state index contributed by atoms with van der Waals surface area (Å²) in [5, 5.41) is 0. The van der Waals surface area contributed by atoms with Crippen molar-refractivity contribution in [1.29, 1.82) is 0 Å². The second kappa shape index (κ2) is 13.6. The third-order valence-corrected chi connectivity index (χ3v) is 8.10. The van der Waals surface area contributed by atoms with Crippen LogP contribution in [0.15, 0.2) is 72.4 Å². The van der Waals surface area contributed by atoms with Gasteiger partial charge in [0.05, 0.1) is 12.7 Å². The van der Waals surface area contributed by atoms with Gasteiger partial charge in [0.25, 0.3) is 0 Å². The van der Waals surface area contributed by atoms with Crippen LogP contribution in [-0.2, 0) is 4.74 Å². The van der Waals surface area contributed by atoms with E-state index in [4.69, 9.17) is 4.74 Å². The van der Waals surface area contributed by atoms with Crippen molar-refractivity contribution in [1.82, 2.24) is 0 Å². The highest BCUT2D eigenvalue weighted by Crippen LogP contribution is 2.38. The van der Waals surface area contributed by atoms with Crippen molar-refractivity contribution in [3.63, 3.8) is 0 Å². The molecule has 0 saturated carbocycles. The minimum absolute atomic E-state index is 0.242. The second-order valence-electron chi connectivity index (χ2n) is 10.7. The number of hydrogen-bond donors (Lipinski definition) is 0. The van der Waals surface area contributed by atoms with Gasteiger partial charge in [-0.1, -0.05) is 93.7 Å². The smallest absolute Gasteiger partial charge is 0.161 e. The van der Waals surface area contributed by atoms with Gasteiger partial charge in [-0.3, -0.25) is 0 Å². The van der Waals surface area contributed by atoms with Crippen molar-refractivity contribution >= 4 is 11.1 Å². The highest BCUT2D eigenvalue weighted by atomic mass is 19.2. The Morgan fingerprint density at radius 3 is 1.97 bits per heavy atom. The molecule has 1 saturated heterocycles. The first kappa shape index (κ1) is 28.6. The van der Waals surface area contributed by atoms with Gasteiger partial charge in [-0.2, -0.15) is 0 Å². The van der Waals surface area contributed by atoms with E-state index >= 15 is 13.2 Å². The molecule has 0 radical (unpaired) electrons. The Morgan fingerprint density at radius 1 is 0.763 bits per heavy atom. The predicted octanol–water partition coefficient (Wildman–Crippen LogP) is 9.42. The van der Waals surface area contributed by atoms with E-state index in [0.29, 0.717) is 41.7 Å². The molecule has 6 atom stereocenters. The summed E-state index contributed by atoms with van der Waals surface area (Å²) in [6.45, 7) is 6.41. The van der Waals surface area contributed by atoms with Crippen LogP contribution >= 0.6 is 0 Å². The first-order chi connectivity index (χ1) is 18.4. The van der Waals surface area contributed by atoms with Crippen molar-refractivity contribution in [2.24, 2.45) is 5.92 Å². The van der Waals surface area contributed by atoms with E-state index in [1.165, 1.54) is 19.3 Å². The first-order valence-corrected chi connectivity index (χ1v) is 14.2. The minimum atomic E-state index is -1.81. The molecule has 1 heterocycles. The molecule has 0 amide bonds. The molecule has 0 N–H and O–H groups in total. The molecule has 206 valence electrons. The molecule has 5 heteroatoms. The van der Waals surface area contributed by atoms with Crippen molar-refractivity contribution in [3.8, 4) is 0 Å². The maximum absolute atomic E-state index is 15.2. The molecular weight excluding hydrogens is 488 g/mol. The lowest BCUT2D eigenvalue weighted by Crippen LogP contribution is -2.35. The van der Waals surface area contributed by atoms with Gasteiger partial charge < -0.3 is 4.74 Å². The Labute approximate surface area is 225 Å². The van der Waals surface area contributed by atoms with Crippen LogP contribution in [0.1, 0.15) is 75.8 Å². The standard InChI is InChI=1S/C33H40F4O/c1-3-5-6-7-8-9-10-25-16-17-26(31(35)30(25)34)23-12-14-24(15-13-23)27-18-19-28(33(37)32(27)36)29-20-11-22(4-2)21-38-29/h4,12-19,22,29-33H,2-3,5-11,20-21H2,1H3. The summed E-state index contributed by atoms with van der Waals surface area (Å²) in [7, 11) is 0. The van der Waals surface area contributed by atoms with Gasteiger partial charge in [-0.25, -0.2) is 17.6 Å². The Kier molecular flexibility index (Phi) is 10.2. The van der Waals surface area contributed by atoms with Crippen LogP contribution in [0.5, 0.6) is 0 Å². The van der Waals surface area contributed by atoms with Crippen LogP contribution in [0, 0.1) is 5.92 Å². The molecule has 1 aromatic carbocycles. The quantitative estimate of drug-likeness (QED) is 0.158. The molecule has 1 aromatic rings. The van der Waals surface area contributed by atoms with E-state index in [9.17, 15) is 4.39 Å². The van der Waals surface area contributed by atoms with Gasteiger partial charge in [0.2, 0.25) is 0 Å². The van der Waals surface area contributed by atoms with E-state index in [-0.39, 0.29) is 17.1 Å². The average Bonchev–Trinajstić information content (AvgIpc) is 2.94. The molecule has 1 aliphatic heterocycles. The molecular formula is C33H40F4O. The molecule has 4 rings (SSSR count). The largest absolute Gasteiger partial charge is 0.373 e. The van der Waals surface area contributed by atoms with E-state index in [2.05, 4.69) is 13.5 Å². The van der Waals surface area contributed by atoms with Crippen LogP contribution in [0.25, 0.3) is 11.1 Å². The zero-order chi connectivity index (χ0) is 27.1. The summed E-state index contributed by atoms with van der Waals surface area (Å²) < 4.78 is 66.0. The summed E-state index contributed by atoms with van der Waals surface area (Å²) in [6.07, 6.45) is 9.72. The SMILES string of the molecule is C=CC1CCC(C2=CC=C(c3ccc(C4=CC=C(CCCCCCCC)C(F)C4F)cc3)C(F)C2F)OC1. The lowest BCUT2D eigenvalue weighted by molar-refractivity contribution is 0.00746. The summed E-state index contributed by atoms with van der Waals surface area (Å²) in [5.41, 5.74) is 2.45. The Morgan fingerprint density at radius 2 is 1.37 bits per heavy atom. The van der Waals surface area contributed by atoms with E-state index < -0.39 is 30.8 Å². The number of hydrogen-bond acceptors (Lipinski definition) is 1. The number of benzene rings is 1. The number of unbranched alkanes of at least 4 members (excludes halogenated alkanes) is 5. The highest BCUT2D eigenvalue weighted by Gasteiger charge is 2.37. The summed E-state index contributed by atoms with van der Waals surface area (Å²) in [4.78, 5) is 0. The molecule has 1 fully saturated rings. The fourth-order valence-electron chi connectivity index (χ4n) is 5.62. The van der Waals surface area contributed by atoms with Crippen LogP contribution in [0.4, 0.5) is 17.6 Å². The number of halogens is 4. The molecule has 2 aliphatic carbocycles. The number of rotatable bonds is 11. The molecule has 1 nitrogen and oxygen atoms in total. The van der Waals surface area contributed by atoms with Crippen molar-refractivity contribution in [2.45, 2.75) is 95.5 Å². The van der Waals surface area contributed by atoms with Crippen LogP contribution in [0.2, 0.25) is 0 Å². The van der Waals surface area contributed by atoms with Crippen molar-refractivity contribution in [2.75, 3.05) is 6.61 Å². The maximum atomic E-state index is 15.2. The molecule has 3 aliphatic rings. The van der Waals surface area contributed by atoms with Gasteiger partial charge in [0.15, 0.2) is 24.7 Å². The van der Waals surface area contributed by atoms with Gasteiger partial charge in [0.1, 0.15) is 0 Å². The second-order valence-corrected chi connectivity index (χ2v) is 10.7. The third kappa shape index (κ3) is 6.59. The topological polar surface area (TPSA) is 9.23 Å². The van der Waals surface area contributed by atoms with Gasteiger partial charge in [0, 0.05) is 5.92 Å². The third-order valence-electron chi connectivity index (χ3n) is 8.10. The van der Waals surface area contributed by atoms with E-state index in [1.807, 2.05) is 6.08 Å². The van der Waals surface area contributed by atoms with Crippen molar-refractivity contribution < 1.29 is 22.3 Å². The lowest BCUT2D eigenvalue weighted by atomic mass is 9.84. The minimum Gasteiger partial charge on any atom is -0.373 e. The van der Waals surface area contributed by atoms with Crippen LogP contribution < -0.4 is 0 Å². The average molecular weight is 529 g/mol. The van der Waals surface area contributed by atoms with Gasteiger partial charge in [-0.05, 0) is 59.1 Å². The maximum Gasteiger partial charge on any atom is 0.161 e. The molecule has 6 unspecified atom stereocenters. The van der Waals surface area contributed by atoms with Crippen LogP contribution in [-0.4, -0.2) is 37.4 Å². The highest BCUT2D eigenvalue weighted by molar-refractivity contribution is 5.77. The zero-order valence-electron chi connectivity index (χ0n) is 22.4. The van der Waals surface area contributed by atoms with E-state index in [1.54, 1.807) is 48.6 Å². The van der Waals surface area contributed by atoms with Gasteiger partial charge >= 0.3 is 0 Å². The number of ether oxygens (including phenoxy) is 1. The molecule has 0 bridgehead atoms. The molecule has 0 aromatic heterocycles. The first-order valence-electron chi connectivity index (χ1n) is 14.2. The fourth-order valence-corrected chi connectivity index (χ4v) is 5.62. The normalized spacial score (nSPS) is 29.7. The van der Waals surface area contributed by atoms with Crippen LogP contribution in [0.3, 0.4) is 0 Å². The Hall–Kier alpha value is -2.40. The fraction of sp³-hybridized carbons (Fsp3) is 0.515.